The Morgan fingerprint density at radius 1 is 1.44 bits per heavy atom. The van der Waals surface area contributed by atoms with Crippen LogP contribution in [0.25, 0.3) is 0 Å². The molecule has 1 atom stereocenters. The highest BCUT2D eigenvalue weighted by Crippen LogP contribution is 2.08. The van der Waals surface area contributed by atoms with Crippen LogP contribution in [0.15, 0.2) is 24.3 Å². The summed E-state index contributed by atoms with van der Waals surface area (Å²) in [5.41, 5.74) is 1.94. The molecule has 0 aliphatic carbocycles. The molecular weight excluding hydrogens is 198 g/mol. The number of benzene rings is 1. The van der Waals surface area contributed by atoms with Gasteiger partial charge in [-0.1, -0.05) is 30.2 Å². The monoisotopic (exact) mass is 215 g/mol. The summed E-state index contributed by atoms with van der Waals surface area (Å²) >= 11 is 0. The number of rotatable bonds is 5. The Bertz CT molecular complexity index is 375. The van der Waals surface area contributed by atoms with Crippen molar-refractivity contribution in [2.75, 3.05) is 13.6 Å². The third kappa shape index (κ3) is 3.52. The first-order chi connectivity index (χ1) is 7.67. The van der Waals surface area contributed by atoms with Gasteiger partial charge in [-0.05, 0) is 26.0 Å². The molecule has 84 valence electrons. The van der Waals surface area contributed by atoms with Crippen molar-refractivity contribution in [2.45, 2.75) is 19.4 Å². The van der Waals surface area contributed by atoms with E-state index < -0.39 is 0 Å². The zero-order chi connectivity index (χ0) is 12.0. The Labute approximate surface area is 97.3 Å². The van der Waals surface area contributed by atoms with E-state index in [1.54, 1.807) is 0 Å². The molecule has 0 aromatic heterocycles. The second kappa shape index (κ2) is 6.09. The lowest BCUT2D eigenvalue weighted by Crippen LogP contribution is -2.31. The Kier molecular flexibility index (Phi) is 4.75. The second-order valence-corrected chi connectivity index (χ2v) is 4.03. The molecule has 0 saturated carbocycles. The van der Waals surface area contributed by atoms with Gasteiger partial charge in [0.15, 0.2) is 0 Å². The zero-order valence-electron chi connectivity index (χ0n) is 9.81. The van der Waals surface area contributed by atoms with E-state index in [1.165, 1.54) is 5.56 Å². The lowest BCUT2D eigenvalue weighted by molar-refractivity contribution is 0.112. The molecule has 0 radical (unpaired) electrons. The van der Waals surface area contributed by atoms with Gasteiger partial charge < -0.3 is 0 Å². The molecule has 0 amide bonds. The van der Waals surface area contributed by atoms with E-state index in [1.807, 2.05) is 31.3 Å². The van der Waals surface area contributed by atoms with Crippen molar-refractivity contribution in [1.82, 2.24) is 4.90 Å². The van der Waals surface area contributed by atoms with Crippen LogP contribution in [0, 0.1) is 12.3 Å². The molecule has 0 heterocycles. The molecule has 0 spiro atoms. The second-order valence-electron chi connectivity index (χ2n) is 4.03. The van der Waals surface area contributed by atoms with Crippen molar-refractivity contribution in [3.8, 4) is 12.3 Å². The number of aldehydes is 1. The van der Waals surface area contributed by atoms with Crippen molar-refractivity contribution in [3.63, 3.8) is 0 Å². The van der Waals surface area contributed by atoms with Crippen LogP contribution in [0.3, 0.4) is 0 Å². The van der Waals surface area contributed by atoms with Crippen LogP contribution in [0.4, 0.5) is 0 Å². The number of carbonyl (C=O) groups excluding carboxylic acids is 1. The molecule has 0 N–H and O–H groups in total. The highest BCUT2D eigenvalue weighted by atomic mass is 16.1. The van der Waals surface area contributed by atoms with Crippen molar-refractivity contribution in [2.24, 2.45) is 0 Å². The van der Waals surface area contributed by atoms with Crippen LogP contribution >= 0.6 is 0 Å². The molecular formula is C14H17NO. The van der Waals surface area contributed by atoms with E-state index in [0.29, 0.717) is 18.2 Å². The molecule has 2 nitrogen and oxygen atoms in total. The van der Waals surface area contributed by atoms with Crippen molar-refractivity contribution in [3.05, 3.63) is 35.4 Å². The third-order valence-corrected chi connectivity index (χ3v) is 2.74. The molecule has 1 unspecified atom stereocenters. The number of carbonyl (C=O) groups is 1. The molecule has 0 saturated heterocycles. The largest absolute Gasteiger partial charge is 0.298 e. The maximum Gasteiger partial charge on any atom is 0.150 e. The first-order valence-electron chi connectivity index (χ1n) is 5.35. The van der Waals surface area contributed by atoms with Gasteiger partial charge in [0.2, 0.25) is 0 Å². The van der Waals surface area contributed by atoms with Gasteiger partial charge in [-0.3, -0.25) is 9.69 Å². The summed E-state index contributed by atoms with van der Waals surface area (Å²) in [5, 5.41) is 0. The van der Waals surface area contributed by atoms with E-state index in [2.05, 4.69) is 17.7 Å². The fraction of sp³-hybridized carbons (Fsp3) is 0.357. The normalized spacial score (nSPS) is 12.1. The van der Waals surface area contributed by atoms with Gasteiger partial charge in [-0.25, -0.2) is 0 Å². The molecule has 0 bridgehead atoms. The number of hydrogen-bond acceptors (Lipinski definition) is 2. The van der Waals surface area contributed by atoms with Crippen molar-refractivity contribution in [1.29, 1.82) is 0 Å². The summed E-state index contributed by atoms with van der Waals surface area (Å²) in [6, 6.07) is 8.07. The van der Waals surface area contributed by atoms with Gasteiger partial charge in [-0.2, -0.15) is 0 Å². The topological polar surface area (TPSA) is 20.3 Å². The van der Waals surface area contributed by atoms with Crippen LogP contribution < -0.4 is 0 Å². The van der Waals surface area contributed by atoms with Crippen LogP contribution in [0.5, 0.6) is 0 Å². The molecule has 1 rings (SSSR count). The standard InChI is InChI=1S/C14H17NO/c1-4-9-15(3)12(2)10-13-5-7-14(11-16)8-6-13/h1,5-8,11-12H,9-10H2,2-3H3. The summed E-state index contributed by atoms with van der Waals surface area (Å²) in [5.74, 6) is 2.63. The fourth-order valence-corrected chi connectivity index (χ4v) is 1.53. The average Bonchev–Trinajstić information content (AvgIpc) is 2.30. The van der Waals surface area contributed by atoms with Gasteiger partial charge in [-0.15, -0.1) is 6.42 Å². The van der Waals surface area contributed by atoms with Crippen LogP contribution in [0.2, 0.25) is 0 Å². The van der Waals surface area contributed by atoms with E-state index in [9.17, 15) is 4.79 Å². The number of nitrogens with zero attached hydrogens (tertiary/aromatic N) is 1. The Hall–Kier alpha value is -1.59. The SMILES string of the molecule is C#CCN(C)C(C)Cc1ccc(C=O)cc1. The zero-order valence-corrected chi connectivity index (χ0v) is 9.81. The van der Waals surface area contributed by atoms with Gasteiger partial charge in [0.25, 0.3) is 0 Å². The van der Waals surface area contributed by atoms with Gasteiger partial charge in [0, 0.05) is 11.6 Å². The highest BCUT2D eigenvalue weighted by Gasteiger charge is 2.08. The van der Waals surface area contributed by atoms with E-state index in [-0.39, 0.29) is 0 Å². The third-order valence-electron chi connectivity index (χ3n) is 2.74. The molecule has 16 heavy (non-hydrogen) atoms. The van der Waals surface area contributed by atoms with Crippen LogP contribution in [-0.4, -0.2) is 30.8 Å². The van der Waals surface area contributed by atoms with E-state index in [0.717, 1.165) is 12.7 Å². The summed E-state index contributed by atoms with van der Waals surface area (Å²) < 4.78 is 0. The molecule has 0 aliphatic rings. The Morgan fingerprint density at radius 2 is 2.06 bits per heavy atom. The summed E-state index contributed by atoms with van der Waals surface area (Å²) in [7, 11) is 2.02. The predicted molar refractivity (Wildman–Crippen MR) is 66.5 cm³/mol. The minimum Gasteiger partial charge on any atom is -0.298 e. The fourth-order valence-electron chi connectivity index (χ4n) is 1.53. The van der Waals surface area contributed by atoms with Crippen molar-refractivity contribution < 1.29 is 4.79 Å². The van der Waals surface area contributed by atoms with Gasteiger partial charge in [0.05, 0.1) is 6.54 Å². The molecule has 0 fully saturated rings. The highest BCUT2D eigenvalue weighted by molar-refractivity contribution is 5.74. The lowest BCUT2D eigenvalue weighted by atomic mass is 10.0. The average molecular weight is 215 g/mol. The minimum absolute atomic E-state index is 0.401. The number of terminal acetylenes is 1. The maximum atomic E-state index is 10.5. The van der Waals surface area contributed by atoms with Gasteiger partial charge >= 0.3 is 0 Å². The Morgan fingerprint density at radius 3 is 2.56 bits per heavy atom. The van der Waals surface area contributed by atoms with E-state index >= 15 is 0 Å². The van der Waals surface area contributed by atoms with Gasteiger partial charge in [0.1, 0.15) is 6.29 Å². The first kappa shape index (κ1) is 12.5. The number of likely N-dealkylation sites (N-methyl/N-ethyl adjacent to an activating group) is 1. The summed E-state index contributed by atoms with van der Waals surface area (Å²) in [6.07, 6.45) is 7.07. The van der Waals surface area contributed by atoms with Crippen molar-refractivity contribution >= 4 is 6.29 Å². The first-order valence-corrected chi connectivity index (χ1v) is 5.35. The van der Waals surface area contributed by atoms with E-state index in [4.69, 9.17) is 6.42 Å². The quantitative estimate of drug-likeness (QED) is 0.553. The minimum atomic E-state index is 0.401. The smallest absolute Gasteiger partial charge is 0.150 e. The lowest BCUT2D eigenvalue weighted by Gasteiger charge is -2.22. The maximum absolute atomic E-state index is 10.5. The van der Waals surface area contributed by atoms with Crippen LogP contribution in [-0.2, 0) is 6.42 Å². The molecule has 1 aromatic carbocycles. The summed E-state index contributed by atoms with van der Waals surface area (Å²) in [6.45, 7) is 2.80. The molecule has 1 aromatic rings. The molecule has 2 heteroatoms. The van der Waals surface area contributed by atoms with Crippen LogP contribution in [0.1, 0.15) is 22.8 Å². The summed E-state index contributed by atoms with van der Waals surface area (Å²) in [4.78, 5) is 12.6. The Balaban J connectivity index is 2.59. The predicted octanol–water partition coefficient (Wildman–Crippen LogP) is 2.00. The number of hydrogen-bond donors (Lipinski definition) is 0. The molecule has 0 aliphatic heterocycles.